The molecular formula is C21H27F3N4O4S. The second-order valence-corrected chi connectivity index (χ2v) is 10.4. The van der Waals surface area contributed by atoms with Crippen LogP contribution in [0.4, 0.5) is 13.2 Å². The summed E-state index contributed by atoms with van der Waals surface area (Å²) in [5, 5.41) is 11.4. The molecule has 33 heavy (non-hydrogen) atoms. The molecule has 0 radical (unpaired) electrons. The fraction of sp³-hybridized carbons (Fsp3) is 0.524. The van der Waals surface area contributed by atoms with Crippen LogP contribution in [0.3, 0.4) is 0 Å². The summed E-state index contributed by atoms with van der Waals surface area (Å²) in [7, 11) is -3.11. The van der Waals surface area contributed by atoms with E-state index in [4.69, 9.17) is 9.90 Å². The first-order valence-electron chi connectivity index (χ1n) is 10.5. The van der Waals surface area contributed by atoms with Gasteiger partial charge < -0.3 is 5.11 Å². The quantitative estimate of drug-likeness (QED) is 0.621. The van der Waals surface area contributed by atoms with E-state index in [0.29, 0.717) is 6.54 Å². The van der Waals surface area contributed by atoms with Gasteiger partial charge in [-0.3, -0.25) is 9.58 Å². The fourth-order valence-corrected chi connectivity index (χ4v) is 5.13. The highest BCUT2D eigenvalue weighted by molar-refractivity contribution is 7.90. The number of nitrogens with one attached hydrogen (secondary N) is 1. The molecule has 0 spiro atoms. The number of rotatable bonds is 7. The minimum absolute atomic E-state index is 0.160. The van der Waals surface area contributed by atoms with Crippen molar-refractivity contribution in [1.29, 1.82) is 0 Å². The summed E-state index contributed by atoms with van der Waals surface area (Å²) < 4.78 is 60.6. The van der Waals surface area contributed by atoms with Gasteiger partial charge in [-0.1, -0.05) is 29.8 Å². The van der Waals surface area contributed by atoms with Gasteiger partial charge in [0.2, 0.25) is 10.0 Å². The van der Waals surface area contributed by atoms with Gasteiger partial charge >= 0.3 is 12.1 Å². The van der Waals surface area contributed by atoms with E-state index in [1.807, 2.05) is 6.20 Å². The lowest BCUT2D eigenvalue weighted by molar-refractivity contribution is -0.192. The van der Waals surface area contributed by atoms with E-state index < -0.39 is 22.2 Å². The maximum atomic E-state index is 12.0. The Bertz CT molecular complexity index is 1070. The number of sulfonamides is 1. The lowest BCUT2D eigenvalue weighted by Crippen LogP contribution is -2.39. The molecule has 0 bridgehead atoms. The molecule has 1 aliphatic carbocycles. The second-order valence-electron chi connectivity index (χ2n) is 8.31. The normalized spacial score (nSPS) is 18.8. The van der Waals surface area contributed by atoms with Crippen molar-refractivity contribution >= 4 is 16.0 Å². The van der Waals surface area contributed by atoms with Crippen LogP contribution in [0.2, 0.25) is 0 Å². The number of aromatic nitrogens is 2. The van der Waals surface area contributed by atoms with Gasteiger partial charge in [0.1, 0.15) is 0 Å². The minimum atomic E-state index is -5.08. The van der Waals surface area contributed by atoms with Crippen LogP contribution in [0.1, 0.15) is 42.1 Å². The summed E-state index contributed by atoms with van der Waals surface area (Å²) in [5.41, 5.74) is 3.78. The highest BCUT2D eigenvalue weighted by Gasteiger charge is 2.38. The molecule has 2 aromatic rings. The molecule has 1 unspecified atom stereocenters. The minimum Gasteiger partial charge on any atom is -0.475 e. The van der Waals surface area contributed by atoms with Crippen molar-refractivity contribution in [2.45, 2.75) is 56.7 Å². The van der Waals surface area contributed by atoms with Crippen molar-refractivity contribution in [3.63, 3.8) is 0 Å². The number of carboxylic acids is 1. The zero-order valence-corrected chi connectivity index (χ0v) is 18.9. The molecule has 1 aromatic heterocycles. The average molecular weight is 489 g/mol. The number of aliphatic carboxylic acids is 1. The predicted molar refractivity (Wildman–Crippen MR) is 115 cm³/mol. The van der Waals surface area contributed by atoms with Gasteiger partial charge in [-0.25, -0.2) is 17.9 Å². The van der Waals surface area contributed by atoms with Crippen molar-refractivity contribution in [1.82, 2.24) is 19.4 Å². The summed E-state index contributed by atoms with van der Waals surface area (Å²) >= 11 is 0. The third kappa shape index (κ3) is 7.27. The topological polar surface area (TPSA) is 105 Å². The molecule has 1 fully saturated rings. The molecule has 1 atom stereocenters. The van der Waals surface area contributed by atoms with Gasteiger partial charge in [-0.15, -0.1) is 0 Å². The van der Waals surface area contributed by atoms with Gasteiger partial charge in [0, 0.05) is 32.4 Å². The van der Waals surface area contributed by atoms with Crippen LogP contribution in [-0.2, 0) is 27.9 Å². The Morgan fingerprint density at radius 2 is 1.97 bits per heavy atom. The molecule has 1 aliphatic heterocycles. The van der Waals surface area contributed by atoms with Crippen LogP contribution < -0.4 is 4.72 Å². The van der Waals surface area contributed by atoms with Crippen LogP contribution >= 0.6 is 0 Å². The summed E-state index contributed by atoms with van der Waals surface area (Å²) in [6.07, 6.45) is -0.892. The number of hydrogen-bond acceptors (Lipinski definition) is 5. The fourth-order valence-electron chi connectivity index (χ4n) is 3.73. The van der Waals surface area contributed by atoms with Gasteiger partial charge in [-0.2, -0.15) is 18.3 Å². The monoisotopic (exact) mass is 488 g/mol. The smallest absolute Gasteiger partial charge is 0.475 e. The molecule has 0 amide bonds. The van der Waals surface area contributed by atoms with Crippen LogP contribution in [0.15, 0.2) is 36.5 Å². The van der Waals surface area contributed by atoms with Crippen molar-refractivity contribution in [2.24, 2.45) is 0 Å². The lowest BCUT2D eigenvalue weighted by atomic mass is 10.1. The number of hydrogen-bond donors (Lipinski definition) is 2. The predicted octanol–water partition coefficient (Wildman–Crippen LogP) is 2.85. The highest BCUT2D eigenvalue weighted by Crippen LogP contribution is 2.28. The van der Waals surface area contributed by atoms with E-state index in [2.05, 4.69) is 56.7 Å². The first-order valence-corrected chi connectivity index (χ1v) is 12.1. The van der Waals surface area contributed by atoms with Crippen LogP contribution in [0, 0.1) is 6.92 Å². The maximum absolute atomic E-state index is 12.0. The zero-order valence-electron chi connectivity index (χ0n) is 18.1. The standard InChI is InChI=1S/C19H26N4O2S.C2HF3O2/c1-15-3-2-4-16(11-15)12-22-13-17-7-9-20-23(17)18(14-22)8-10-21-26(24,25)19-5-6-19;3-2(4,5)1(6)7/h2-4,7,9,11,18-19,21H,5-6,8,10,12-14H2,1H3;(H,6,7). The largest absolute Gasteiger partial charge is 0.490 e. The number of halogens is 3. The Balaban J connectivity index is 0.000000383. The Kier molecular flexibility index (Phi) is 7.80. The SMILES string of the molecule is Cc1cccc(CN2Cc3ccnn3C(CCNS(=O)(=O)C3CC3)C2)c1.O=C(O)C(F)(F)F. The first kappa shape index (κ1) is 25.2. The Morgan fingerprint density at radius 3 is 2.58 bits per heavy atom. The van der Waals surface area contributed by atoms with Gasteiger partial charge in [0.05, 0.1) is 17.0 Å². The molecule has 8 nitrogen and oxygen atoms in total. The molecule has 182 valence electrons. The summed E-state index contributed by atoms with van der Waals surface area (Å²) in [6.45, 7) is 5.24. The van der Waals surface area contributed by atoms with Crippen LogP contribution in [0.25, 0.3) is 0 Å². The van der Waals surface area contributed by atoms with E-state index in [1.165, 1.54) is 16.8 Å². The zero-order chi connectivity index (χ0) is 24.2. The van der Waals surface area contributed by atoms with E-state index >= 15 is 0 Å². The maximum Gasteiger partial charge on any atom is 0.490 e. The Labute approximate surface area is 190 Å². The van der Waals surface area contributed by atoms with Crippen molar-refractivity contribution < 1.29 is 31.5 Å². The van der Waals surface area contributed by atoms with Crippen LogP contribution in [0.5, 0.6) is 0 Å². The molecule has 2 heterocycles. The van der Waals surface area contributed by atoms with E-state index in [1.54, 1.807) is 0 Å². The lowest BCUT2D eigenvalue weighted by Gasteiger charge is -2.34. The average Bonchev–Trinajstić information content (AvgIpc) is 3.47. The molecule has 1 aromatic carbocycles. The van der Waals surface area contributed by atoms with Crippen LogP contribution in [-0.4, -0.2) is 58.7 Å². The molecule has 12 heteroatoms. The summed E-state index contributed by atoms with van der Waals surface area (Å²) in [5.74, 6) is -2.76. The molecule has 2 aliphatic rings. The van der Waals surface area contributed by atoms with E-state index in [0.717, 1.165) is 38.9 Å². The van der Waals surface area contributed by atoms with Crippen molar-refractivity contribution in [2.75, 3.05) is 13.1 Å². The number of benzene rings is 1. The van der Waals surface area contributed by atoms with E-state index in [9.17, 15) is 21.6 Å². The third-order valence-corrected chi connectivity index (χ3v) is 7.38. The number of aryl methyl sites for hydroxylation is 1. The Hall–Kier alpha value is -2.44. The number of alkyl halides is 3. The number of nitrogens with zero attached hydrogens (tertiary/aromatic N) is 3. The molecule has 2 N–H and O–H groups in total. The number of fused-ring (bicyclic) bond motifs is 1. The molecule has 4 rings (SSSR count). The third-order valence-electron chi connectivity index (χ3n) is 5.43. The van der Waals surface area contributed by atoms with Gasteiger partial charge in [0.15, 0.2) is 0 Å². The summed E-state index contributed by atoms with van der Waals surface area (Å²) in [4.78, 5) is 11.3. The number of carbonyl (C=O) groups is 1. The van der Waals surface area contributed by atoms with Crippen molar-refractivity contribution in [3.8, 4) is 0 Å². The summed E-state index contributed by atoms with van der Waals surface area (Å²) in [6, 6.07) is 10.9. The first-order chi connectivity index (χ1) is 15.5. The van der Waals surface area contributed by atoms with Gasteiger partial charge in [0.25, 0.3) is 0 Å². The molecule has 0 saturated heterocycles. The molecular weight excluding hydrogens is 461 g/mol. The van der Waals surface area contributed by atoms with Gasteiger partial charge in [-0.05, 0) is 37.8 Å². The van der Waals surface area contributed by atoms with Crippen molar-refractivity contribution in [3.05, 3.63) is 53.3 Å². The highest BCUT2D eigenvalue weighted by atomic mass is 32.2. The Morgan fingerprint density at radius 1 is 1.27 bits per heavy atom. The molecule has 1 saturated carbocycles. The van der Waals surface area contributed by atoms with E-state index in [-0.39, 0.29) is 11.3 Å². The second kappa shape index (κ2) is 10.2. The number of carboxylic acid groups (broad SMARTS) is 1.